The summed E-state index contributed by atoms with van der Waals surface area (Å²) in [4.78, 5) is 30.4. The molecule has 0 saturated carbocycles. The number of hydrogen-bond acceptors (Lipinski definition) is 4. The van der Waals surface area contributed by atoms with Crippen LogP contribution in [0.4, 0.5) is 11.4 Å². The van der Waals surface area contributed by atoms with E-state index in [2.05, 4.69) is 5.32 Å². The topological polar surface area (TPSA) is 52.7 Å². The third-order valence-electron chi connectivity index (χ3n) is 4.82. The van der Waals surface area contributed by atoms with Crippen molar-refractivity contribution in [2.24, 2.45) is 0 Å². The fraction of sp³-hybridized carbons (Fsp3) is 0.136. The van der Waals surface area contributed by atoms with Crippen LogP contribution in [0.15, 0.2) is 66.0 Å². The molecule has 0 radical (unpaired) electrons. The van der Waals surface area contributed by atoms with Crippen molar-refractivity contribution in [1.82, 2.24) is 4.90 Å². The van der Waals surface area contributed by atoms with Crippen LogP contribution in [0.2, 0.25) is 10.0 Å². The summed E-state index contributed by atoms with van der Waals surface area (Å²) >= 11 is 19.1. The van der Waals surface area contributed by atoms with Crippen LogP contribution in [0.5, 0.6) is 0 Å². The Balaban J connectivity index is 1.58. The van der Waals surface area contributed by atoms with E-state index in [0.29, 0.717) is 33.1 Å². The second kappa shape index (κ2) is 9.36. The van der Waals surface area contributed by atoms with E-state index in [0.717, 1.165) is 4.88 Å². The molecule has 3 aromatic rings. The van der Waals surface area contributed by atoms with Crippen molar-refractivity contribution in [1.29, 1.82) is 0 Å². The summed E-state index contributed by atoms with van der Waals surface area (Å²) in [5.41, 5.74) is 1.23. The summed E-state index contributed by atoms with van der Waals surface area (Å²) in [6.45, 7) is 0.450. The zero-order valence-electron chi connectivity index (χ0n) is 16.1. The molecule has 1 aliphatic rings. The Morgan fingerprint density at radius 1 is 1.03 bits per heavy atom. The number of carbonyl (C=O) groups is 2. The largest absolute Gasteiger partial charge is 0.331 e. The Morgan fingerprint density at radius 3 is 2.29 bits per heavy atom. The molecule has 0 bridgehead atoms. The number of nitrogens with zero attached hydrogens (tertiary/aromatic N) is 2. The van der Waals surface area contributed by atoms with Crippen LogP contribution in [0.25, 0.3) is 0 Å². The van der Waals surface area contributed by atoms with E-state index >= 15 is 0 Å². The number of anilines is 2. The van der Waals surface area contributed by atoms with E-state index in [9.17, 15) is 9.59 Å². The van der Waals surface area contributed by atoms with Crippen molar-refractivity contribution < 1.29 is 9.59 Å². The Kier molecular flexibility index (Phi) is 6.57. The van der Waals surface area contributed by atoms with Gasteiger partial charge in [0, 0.05) is 20.6 Å². The number of nitrogens with one attached hydrogen (secondary N) is 1. The third-order valence-corrected chi connectivity index (χ3v) is 6.60. The lowest BCUT2D eigenvalue weighted by molar-refractivity contribution is -0.124. The van der Waals surface area contributed by atoms with Gasteiger partial charge >= 0.3 is 0 Å². The molecular weight excluding hydrogens is 473 g/mol. The van der Waals surface area contributed by atoms with Crippen molar-refractivity contribution in [3.8, 4) is 0 Å². The van der Waals surface area contributed by atoms with Gasteiger partial charge in [0.25, 0.3) is 5.91 Å². The van der Waals surface area contributed by atoms with Crippen LogP contribution in [-0.2, 0) is 16.1 Å². The van der Waals surface area contributed by atoms with E-state index in [1.807, 2.05) is 17.5 Å². The van der Waals surface area contributed by atoms with Crippen molar-refractivity contribution in [2.45, 2.75) is 19.0 Å². The number of hydrogen-bond donors (Lipinski definition) is 1. The summed E-state index contributed by atoms with van der Waals surface area (Å²) in [6.07, 6.45) is -0.0307. The quantitative estimate of drug-likeness (QED) is 0.458. The molecule has 1 aromatic heterocycles. The molecule has 9 heteroatoms. The van der Waals surface area contributed by atoms with Crippen LogP contribution in [0, 0.1) is 0 Å². The maximum Gasteiger partial charge on any atom is 0.256 e. The van der Waals surface area contributed by atoms with Crippen LogP contribution >= 0.6 is 46.8 Å². The molecule has 1 N–H and O–H groups in total. The lowest BCUT2D eigenvalue weighted by atomic mass is 10.1. The summed E-state index contributed by atoms with van der Waals surface area (Å²) in [5.74, 6) is -0.521. The minimum Gasteiger partial charge on any atom is -0.331 e. The molecule has 0 unspecified atom stereocenters. The number of benzene rings is 2. The van der Waals surface area contributed by atoms with Gasteiger partial charge in [0.05, 0.1) is 18.7 Å². The number of halogens is 2. The van der Waals surface area contributed by atoms with Crippen LogP contribution in [-0.4, -0.2) is 27.9 Å². The summed E-state index contributed by atoms with van der Waals surface area (Å²) < 4.78 is 0. The van der Waals surface area contributed by atoms with Gasteiger partial charge in [-0.3, -0.25) is 14.5 Å². The smallest absolute Gasteiger partial charge is 0.256 e. The molecule has 31 heavy (non-hydrogen) atoms. The number of rotatable bonds is 6. The SMILES string of the molecule is O=C(C[C@@H]1C(=O)N(c2ccc(Cl)cc2)C(=S)N1Cc1cccs1)Nc1ccc(Cl)cc1. The fourth-order valence-electron chi connectivity index (χ4n) is 3.33. The lowest BCUT2D eigenvalue weighted by Gasteiger charge is -2.23. The molecule has 4 rings (SSSR count). The Hall–Kier alpha value is -2.45. The molecular formula is C22H17Cl2N3O2S2. The average molecular weight is 490 g/mol. The highest BCUT2D eigenvalue weighted by Crippen LogP contribution is 2.30. The van der Waals surface area contributed by atoms with E-state index in [1.165, 1.54) is 4.90 Å². The second-order valence-electron chi connectivity index (χ2n) is 6.91. The van der Waals surface area contributed by atoms with Gasteiger partial charge in [-0.15, -0.1) is 11.3 Å². The first-order valence-corrected chi connectivity index (χ1v) is 11.4. The average Bonchev–Trinajstić information content (AvgIpc) is 3.33. The molecule has 1 aliphatic heterocycles. The van der Waals surface area contributed by atoms with Crippen molar-refractivity contribution in [3.63, 3.8) is 0 Å². The van der Waals surface area contributed by atoms with E-state index < -0.39 is 6.04 Å². The highest BCUT2D eigenvalue weighted by Gasteiger charge is 2.44. The van der Waals surface area contributed by atoms with E-state index in [-0.39, 0.29) is 18.2 Å². The first-order valence-electron chi connectivity index (χ1n) is 9.40. The van der Waals surface area contributed by atoms with Gasteiger partial charge in [0.2, 0.25) is 5.91 Å². The maximum absolute atomic E-state index is 13.3. The zero-order valence-corrected chi connectivity index (χ0v) is 19.3. The summed E-state index contributed by atoms with van der Waals surface area (Å²) in [6, 6.07) is 16.9. The van der Waals surface area contributed by atoms with Crippen molar-refractivity contribution >= 4 is 75.1 Å². The van der Waals surface area contributed by atoms with Crippen LogP contribution in [0.1, 0.15) is 11.3 Å². The highest BCUT2D eigenvalue weighted by atomic mass is 35.5. The van der Waals surface area contributed by atoms with Gasteiger partial charge in [-0.1, -0.05) is 29.3 Å². The summed E-state index contributed by atoms with van der Waals surface area (Å²) in [7, 11) is 0. The molecule has 0 aliphatic carbocycles. The predicted octanol–water partition coefficient (Wildman–Crippen LogP) is 5.59. The maximum atomic E-state index is 13.3. The van der Waals surface area contributed by atoms with Gasteiger partial charge in [0.1, 0.15) is 6.04 Å². The van der Waals surface area contributed by atoms with Crippen molar-refractivity contribution in [3.05, 3.63) is 81.0 Å². The monoisotopic (exact) mass is 489 g/mol. The first kappa shape index (κ1) is 21.8. The predicted molar refractivity (Wildman–Crippen MR) is 130 cm³/mol. The van der Waals surface area contributed by atoms with Gasteiger partial charge in [-0.25, -0.2) is 0 Å². The zero-order chi connectivity index (χ0) is 22.0. The van der Waals surface area contributed by atoms with Crippen LogP contribution < -0.4 is 10.2 Å². The van der Waals surface area contributed by atoms with Crippen LogP contribution in [0.3, 0.4) is 0 Å². The van der Waals surface area contributed by atoms with Gasteiger partial charge in [-0.2, -0.15) is 0 Å². The summed E-state index contributed by atoms with van der Waals surface area (Å²) in [5, 5.41) is 6.30. The molecule has 2 heterocycles. The molecule has 0 spiro atoms. The molecule has 158 valence electrons. The standard InChI is InChI=1S/C22H17Cl2N3O2S2/c23-14-3-7-16(8-4-14)25-20(28)12-19-21(29)27(17-9-5-15(24)6-10-17)22(30)26(19)13-18-2-1-11-31-18/h1-11,19H,12-13H2,(H,25,28)/t19-/m1/s1. The second-order valence-corrected chi connectivity index (χ2v) is 9.19. The number of thiocarbonyl (C=S) groups is 1. The first-order chi connectivity index (χ1) is 14.9. The third kappa shape index (κ3) is 4.91. The Morgan fingerprint density at radius 2 is 1.68 bits per heavy atom. The van der Waals surface area contributed by atoms with E-state index in [1.54, 1.807) is 64.8 Å². The number of carbonyl (C=O) groups excluding carboxylic acids is 2. The highest BCUT2D eigenvalue weighted by molar-refractivity contribution is 7.80. The molecule has 1 atom stereocenters. The molecule has 2 aromatic carbocycles. The Labute approximate surface area is 199 Å². The number of thiophene rings is 1. The molecule has 1 saturated heterocycles. The minimum absolute atomic E-state index is 0.0307. The van der Waals surface area contributed by atoms with Gasteiger partial charge in [0.15, 0.2) is 5.11 Å². The number of amides is 2. The van der Waals surface area contributed by atoms with Gasteiger partial charge < -0.3 is 10.2 Å². The van der Waals surface area contributed by atoms with Gasteiger partial charge in [-0.05, 0) is 72.2 Å². The minimum atomic E-state index is -0.711. The molecule has 2 amide bonds. The molecule has 1 fully saturated rings. The molecule has 5 nitrogen and oxygen atoms in total. The van der Waals surface area contributed by atoms with E-state index in [4.69, 9.17) is 35.4 Å². The Bertz CT molecular complexity index is 1100. The fourth-order valence-corrected chi connectivity index (χ4v) is 4.67. The normalized spacial score (nSPS) is 16.1. The van der Waals surface area contributed by atoms with Crippen molar-refractivity contribution in [2.75, 3.05) is 10.2 Å². The lowest BCUT2D eigenvalue weighted by Crippen LogP contribution is -2.37.